The Morgan fingerprint density at radius 3 is 2.52 bits per heavy atom. The summed E-state index contributed by atoms with van der Waals surface area (Å²) in [6, 6.07) is 6.52. The zero-order valence-corrected chi connectivity index (χ0v) is 15.0. The number of benzene rings is 2. The van der Waals surface area contributed by atoms with Crippen LogP contribution in [0.5, 0.6) is 23.0 Å². The molecule has 0 saturated carbocycles. The lowest BCUT2D eigenvalue weighted by molar-refractivity contribution is 0.104. The molecule has 0 aliphatic carbocycles. The van der Waals surface area contributed by atoms with Crippen molar-refractivity contribution in [2.24, 2.45) is 0 Å². The maximum atomic E-state index is 12.5. The van der Waals surface area contributed by atoms with Gasteiger partial charge in [0.05, 0.1) is 29.8 Å². The summed E-state index contributed by atoms with van der Waals surface area (Å²) in [5.74, 6) is 1.59. The summed E-state index contributed by atoms with van der Waals surface area (Å²) in [7, 11) is 2.96. The second-order valence-corrected chi connectivity index (χ2v) is 5.94. The molecule has 2 aromatic rings. The van der Waals surface area contributed by atoms with Gasteiger partial charge in [-0.05, 0) is 29.8 Å². The molecule has 130 valence electrons. The van der Waals surface area contributed by atoms with Crippen molar-refractivity contribution in [2.75, 3.05) is 21.0 Å². The van der Waals surface area contributed by atoms with Gasteiger partial charge < -0.3 is 18.9 Å². The van der Waals surface area contributed by atoms with Crippen LogP contribution < -0.4 is 18.9 Å². The van der Waals surface area contributed by atoms with E-state index < -0.39 is 0 Å². The van der Waals surface area contributed by atoms with Crippen LogP contribution in [0.25, 0.3) is 6.08 Å². The van der Waals surface area contributed by atoms with Crippen molar-refractivity contribution in [1.82, 2.24) is 0 Å². The highest BCUT2D eigenvalue weighted by molar-refractivity contribution is 6.33. The number of allylic oxidation sites excluding steroid dienone is 1. The van der Waals surface area contributed by atoms with E-state index >= 15 is 0 Å². The first-order valence-corrected chi connectivity index (χ1v) is 8.02. The lowest BCUT2D eigenvalue weighted by Gasteiger charge is -2.10. The monoisotopic (exact) mass is 380 g/mol. The predicted molar refractivity (Wildman–Crippen MR) is 95.5 cm³/mol. The summed E-state index contributed by atoms with van der Waals surface area (Å²) >= 11 is 12.2. The molecule has 1 heterocycles. The minimum absolute atomic E-state index is 0.128. The topological polar surface area (TPSA) is 54.0 Å². The highest BCUT2D eigenvalue weighted by Gasteiger charge is 2.18. The largest absolute Gasteiger partial charge is 0.496 e. The van der Waals surface area contributed by atoms with E-state index in [2.05, 4.69) is 0 Å². The SMILES string of the molecule is COc1cc(OC)c(C(=O)/C=C/c2cc(Cl)c3c(c2)OCO3)cc1Cl. The quantitative estimate of drug-likeness (QED) is 0.558. The van der Waals surface area contributed by atoms with Crippen molar-refractivity contribution in [2.45, 2.75) is 0 Å². The molecular weight excluding hydrogens is 367 g/mol. The van der Waals surface area contributed by atoms with Gasteiger partial charge in [0, 0.05) is 6.07 Å². The third-order valence-corrected chi connectivity index (χ3v) is 4.19. The molecule has 1 aliphatic rings. The molecule has 0 amide bonds. The molecule has 2 aromatic carbocycles. The van der Waals surface area contributed by atoms with Gasteiger partial charge in [0.25, 0.3) is 0 Å². The summed E-state index contributed by atoms with van der Waals surface area (Å²) in [5, 5.41) is 0.748. The van der Waals surface area contributed by atoms with Crippen molar-refractivity contribution < 1.29 is 23.7 Å². The molecule has 0 fully saturated rings. The number of ketones is 1. The molecule has 0 bridgehead atoms. The Kier molecular flexibility index (Phi) is 5.06. The molecule has 3 rings (SSSR count). The first kappa shape index (κ1) is 17.5. The van der Waals surface area contributed by atoms with Gasteiger partial charge in [-0.25, -0.2) is 0 Å². The van der Waals surface area contributed by atoms with Crippen LogP contribution in [0.1, 0.15) is 15.9 Å². The van der Waals surface area contributed by atoms with E-state index in [1.165, 1.54) is 26.4 Å². The summed E-state index contributed by atoms with van der Waals surface area (Å²) < 4.78 is 20.9. The number of methoxy groups -OCH3 is 2. The molecule has 0 saturated heterocycles. The van der Waals surface area contributed by atoms with E-state index in [9.17, 15) is 4.79 Å². The molecule has 0 unspecified atom stereocenters. The Bertz CT molecular complexity index is 861. The van der Waals surface area contributed by atoms with Gasteiger partial charge in [-0.3, -0.25) is 4.79 Å². The zero-order valence-electron chi connectivity index (χ0n) is 13.5. The van der Waals surface area contributed by atoms with E-state index in [0.29, 0.717) is 44.2 Å². The average molecular weight is 381 g/mol. The molecule has 0 atom stereocenters. The molecule has 0 aromatic heterocycles. The fourth-order valence-corrected chi connectivity index (χ4v) is 2.91. The maximum absolute atomic E-state index is 12.5. The van der Waals surface area contributed by atoms with Gasteiger partial charge in [-0.15, -0.1) is 0 Å². The van der Waals surface area contributed by atoms with Crippen LogP contribution in [-0.2, 0) is 0 Å². The van der Waals surface area contributed by atoms with Gasteiger partial charge in [-0.2, -0.15) is 0 Å². The minimum Gasteiger partial charge on any atom is -0.496 e. The molecule has 0 spiro atoms. The molecule has 0 radical (unpaired) electrons. The Morgan fingerprint density at radius 1 is 1.04 bits per heavy atom. The summed E-state index contributed by atoms with van der Waals surface area (Å²) in [6.07, 6.45) is 3.04. The first-order chi connectivity index (χ1) is 12.0. The minimum atomic E-state index is -0.268. The normalized spacial score (nSPS) is 12.5. The lowest BCUT2D eigenvalue weighted by Crippen LogP contribution is -2.00. The number of carbonyl (C=O) groups excluding carboxylic acids is 1. The molecule has 25 heavy (non-hydrogen) atoms. The van der Waals surface area contributed by atoms with Crippen LogP contribution in [0, 0.1) is 0 Å². The van der Waals surface area contributed by atoms with E-state index in [-0.39, 0.29) is 12.6 Å². The van der Waals surface area contributed by atoms with Crippen molar-refractivity contribution in [1.29, 1.82) is 0 Å². The van der Waals surface area contributed by atoms with E-state index in [1.807, 2.05) is 0 Å². The molecule has 0 N–H and O–H groups in total. The van der Waals surface area contributed by atoms with Gasteiger partial charge in [0.2, 0.25) is 6.79 Å². The number of ether oxygens (including phenoxy) is 4. The fraction of sp³-hybridized carbons (Fsp3) is 0.167. The Morgan fingerprint density at radius 2 is 1.80 bits per heavy atom. The van der Waals surface area contributed by atoms with Crippen LogP contribution in [0.15, 0.2) is 30.3 Å². The van der Waals surface area contributed by atoms with Crippen molar-refractivity contribution >= 4 is 35.1 Å². The van der Waals surface area contributed by atoms with Crippen molar-refractivity contribution in [3.63, 3.8) is 0 Å². The van der Waals surface area contributed by atoms with Crippen molar-refractivity contribution in [3.8, 4) is 23.0 Å². The number of hydrogen-bond acceptors (Lipinski definition) is 5. The number of rotatable bonds is 5. The lowest BCUT2D eigenvalue weighted by atomic mass is 10.1. The smallest absolute Gasteiger partial charge is 0.231 e. The standard InChI is InChI=1S/C18H14Cl2O5/c1-22-15-8-16(23-2)12(19)7-11(15)14(21)4-3-10-5-13(20)18-17(6-10)24-9-25-18/h3-8H,9H2,1-2H3/b4-3+. The van der Waals surface area contributed by atoms with Gasteiger partial charge >= 0.3 is 0 Å². The number of carbonyl (C=O) groups is 1. The van der Waals surface area contributed by atoms with E-state index in [4.69, 9.17) is 42.1 Å². The molecule has 7 heteroatoms. The highest BCUT2D eigenvalue weighted by atomic mass is 35.5. The molecular formula is C18H14Cl2O5. The third kappa shape index (κ3) is 3.52. The zero-order chi connectivity index (χ0) is 18.0. The van der Waals surface area contributed by atoms with Gasteiger partial charge in [0.15, 0.2) is 17.3 Å². The van der Waals surface area contributed by atoms with Crippen LogP contribution >= 0.6 is 23.2 Å². The second kappa shape index (κ2) is 7.25. The third-order valence-electron chi connectivity index (χ3n) is 3.62. The predicted octanol–water partition coefficient (Wildman–Crippen LogP) is 4.64. The van der Waals surface area contributed by atoms with Gasteiger partial charge in [0.1, 0.15) is 11.5 Å². The second-order valence-electron chi connectivity index (χ2n) is 5.12. The molecule has 1 aliphatic heterocycles. The summed E-state index contributed by atoms with van der Waals surface area (Å²) in [6.45, 7) is 0.128. The Hall–Kier alpha value is -2.37. The average Bonchev–Trinajstić information content (AvgIpc) is 3.08. The highest BCUT2D eigenvalue weighted by Crippen LogP contribution is 2.40. The Balaban J connectivity index is 1.89. The first-order valence-electron chi connectivity index (χ1n) is 7.26. The van der Waals surface area contributed by atoms with E-state index in [0.717, 1.165) is 0 Å². The number of halogens is 2. The summed E-state index contributed by atoms with van der Waals surface area (Å²) in [4.78, 5) is 12.5. The summed E-state index contributed by atoms with van der Waals surface area (Å²) in [5.41, 5.74) is 1.04. The van der Waals surface area contributed by atoms with Crippen molar-refractivity contribution in [3.05, 3.63) is 51.5 Å². The van der Waals surface area contributed by atoms with Crippen LogP contribution in [0.2, 0.25) is 10.0 Å². The van der Waals surface area contributed by atoms with Crippen LogP contribution in [-0.4, -0.2) is 26.8 Å². The molecule has 5 nitrogen and oxygen atoms in total. The fourth-order valence-electron chi connectivity index (χ4n) is 2.40. The number of fused-ring (bicyclic) bond motifs is 1. The van der Waals surface area contributed by atoms with Gasteiger partial charge in [-0.1, -0.05) is 29.3 Å². The Labute approximate surface area is 154 Å². The number of hydrogen-bond donors (Lipinski definition) is 0. The maximum Gasteiger partial charge on any atom is 0.231 e. The van der Waals surface area contributed by atoms with E-state index in [1.54, 1.807) is 24.3 Å². The van der Waals surface area contributed by atoms with Crippen LogP contribution in [0.3, 0.4) is 0 Å². The van der Waals surface area contributed by atoms with Crippen LogP contribution in [0.4, 0.5) is 0 Å².